The molecule has 0 atom stereocenters. The molecule has 1 heterocycles. The molecule has 90 valence electrons. The highest BCUT2D eigenvalue weighted by molar-refractivity contribution is 4.86. The van der Waals surface area contributed by atoms with Crippen molar-refractivity contribution in [3.8, 4) is 0 Å². The summed E-state index contributed by atoms with van der Waals surface area (Å²) in [5, 5.41) is 0. The lowest BCUT2D eigenvalue weighted by Gasteiger charge is -2.08. The van der Waals surface area contributed by atoms with Gasteiger partial charge in [-0.1, -0.05) is 0 Å². The van der Waals surface area contributed by atoms with Crippen LogP contribution in [0.3, 0.4) is 0 Å². The molecule has 0 saturated heterocycles. The first-order chi connectivity index (χ1) is 7.70. The van der Waals surface area contributed by atoms with Gasteiger partial charge in [-0.05, 0) is 0 Å². The van der Waals surface area contributed by atoms with Crippen molar-refractivity contribution in [1.29, 1.82) is 0 Å². The number of ether oxygens (including phenoxy) is 2. The summed E-state index contributed by atoms with van der Waals surface area (Å²) in [5.41, 5.74) is -0.641. The van der Waals surface area contributed by atoms with Crippen LogP contribution >= 0.6 is 0 Å². The van der Waals surface area contributed by atoms with Crippen LogP contribution in [0.25, 0.3) is 0 Å². The zero-order chi connectivity index (χ0) is 12.0. The molecule has 6 heteroatoms. The maximum absolute atomic E-state index is 11.8. The zero-order valence-corrected chi connectivity index (χ0v) is 9.51. The van der Waals surface area contributed by atoms with Crippen LogP contribution in [-0.2, 0) is 22.6 Å². The fraction of sp³-hybridized carbons (Fsp3) is 0.600. The number of rotatable bonds is 6. The van der Waals surface area contributed by atoms with Crippen LogP contribution in [0.5, 0.6) is 0 Å². The van der Waals surface area contributed by atoms with E-state index in [0.717, 1.165) is 4.57 Å². The third-order valence-corrected chi connectivity index (χ3v) is 2.20. The molecule has 0 aliphatic carbocycles. The minimum absolute atomic E-state index is 0.266. The Morgan fingerprint density at radius 1 is 1.12 bits per heavy atom. The third-order valence-electron chi connectivity index (χ3n) is 2.20. The van der Waals surface area contributed by atoms with Crippen molar-refractivity contribution in [2.45, 2.75) is 13.1 Å². The second-order valence-electron chi connectivity index (χ2n) is 3.27. The monoisotopic (exact) mass is 228 g/mol. The number of methoxy groups -OCH3 is 2. The van der Waals surface area contributed by atoms with Gasteiger partial charge in [-0.25, -0.2) is 4.79 Å². The number of hydrogen-bond donors (Lipinski definition) is 0. The van der Waals surface area contributed by atoms with Gasteiger partial charge in [-0.2, -0.15) is 0 Å². The highest BCUT2D eigenvalue weighted by Gasteiger charge is 2.04. The summed E-state index contributed by atoms with van der Waals surface area (Å²) in [7, 11) is 3.09. The van der Waals surface area contributed by atoms with E-state index in [0.29, 0.717) is 19.8 Å². The molecule has 0 unspecified atom stereocenters. The number of aromatic nitrogens is 2. The van der Waals surface area contributed by atoms with Crippen molar-refractivity contribution in [3.63, 3.8) is 0 Å². The van der Waals surface area contributed by atoms with E-state index in [9.17, 15) is 9.59 Å². The Hall–Kier alpha value is -1.40. The number of hydrogen-bond acceptors (Lipinski definition) is 4. The molecule has 0 saturated carbocycles. The Balaban J connectivity index is 2.97. The summed E-state index contributed by atoms with van der Waals surface area (Å²) >= 11 is 0. The van der Waals surface area contributed by atoms with Crippen molar-refractivity contribution >= 4 is 0 Å². The Morgan fingerprint density at radius 2 is 1.75 bits per heavy atom. The SMILES string of the molecule is COCCn1ccc(=O)n(CCOC)c1=O. The largest absolute Gasteiger partial charge is 0.383 e. The van der Waals surface area contributed by atoms with Gasteiger partial charge < -0.3 is 9.47 Å². The summed E-state index contributed by atoms with van der Waals surface area (Å²) in [6.07, 6.45) is 1.48. The van der Waals surface area contributed by atoms with Crippen molar-refractivity contribution in [2.75, 3.05) is 27.4 Å². The van der Waals surface area contributed by atoms with Gasteiger partial charge in [0.05, 0.1) is 26.3 Å². The van der Waals surface area contributed by atoms with E-state index < -0.39 is 0 Å². The molecule has 0 N–H and O–H groups in total. The van der Waals surface area contributed by atoms with Crippen molar-refractivity contribution in [2.24, 2.45) is 0 Å². The molecule has 1 aromatic rings. The summed E-state index contributed by atoms with van der Waals surface area (Å²) < 4.78 is 12.3. The molecular weight excluding hydrogens is 212 g/mol. The molecule has 0 spiro atoms. The lowest BCUT2D eigenvalue weighted by Crippen LogP contribution is -2.40. The zero-order valence-electron chi connectivity index (χ0n) is 9.51. The predicted molar refractivity (Wildman–Crippen MR) is 58.7 cm³/mol. The van der Waals surface area contributed by atoms with Gasteiger partial charge in [-0.3, -0.25) is 13.9 Å². The quantitative estimate of drug-likeness (QED) is 0.646. The summed E-state index contributed by atoms with van der Waals surface area (Å²) in [6, 6.07) is 1.37. The second-order valence-corrected chi connectivity index (χ2v) is 3.27. The van der Waals surface area contributed by atoms with Gasteiger partial charge in [0.2, 0.25) is 0 Å². The lowest BCUT2D eigenvalue weighted by atomic mass is 10.5. The molecule has 1 rings (SSSR count). The average Bonchev–Trinajstić information content (AvgIpc) is 2.28. The Morgan fingerprint density at radius 3 is 2.38 bits per heavy atom. The van der Waals surface area contributed by atoms with Crippen LogP contribution in [0.15, 0.2) is 21.9 Å². The van der Waals surface area contributed by atoms with Crippen LogP contribution in [0, 0.1) is 0 Å². The average molecular weight is 228 g/mol. The molecule has 1 aromatic heterocycles. The highest BCUT2D eigenvalue weighted by Crippen LogP contribution is 1.81. The van der Waals surface area contributed by atoms with E-state index in [-0.39, 0.29) is 17.8 Å². The second kappa shape index (κ2) is 6.24. The van der Waals surface area contributed by atoms with E-state index in [1.807, 2.05) is 0 Å². The molecule has 0 aromatic carbocycles. The van der Waals surface area contributed by atoms with Crippen molar-refractivity contribution in [3.05, 3.63) is 33.1 Å². The van der Waals surface area contributed by atoms with Crippen molar-refractivity contribution < 1.29 is 9.47 Å². The van der Waals surface area contributed by atoms with Crippen LogP contribution in [0.2, 0.25) is 0 Å². The minimum Gasteiger partial charge on any atom is -0.383 e. The van der Waals surface area contributed by atoms with Crippen LogP contribution in [-0.4, -0.2) is 36.6 Å². The molecule has 0 bridgehead atoms. The molecule has 16 heavy (non-hydrogen) atoms. The molecule has 6 nitrogen and oxygen atoms in total. The smallest absolute Gasteiger partial charge is 0.331 e. The first kappa shape index (κ1) is 12.7. The first-order valence-corrected chi connectivity index (χ1v) is 4.99. The van der Waals surface area contributed by atoms with Crippen LogP contribution in [0.1, 0.15) is 0 Å². The van der Waals surface area contributed by atoms with Gasteiger partial charge in [0, 0.05) is 26.5 Å². The van der Waals surface area contributed by atoms with E-state index in [1.165, 1.54) is 23.9 Å². The first-order valence-electron chi connectivity index (χ1n) is 4.99. The van der Waals surface area contributed by atoms with Gasteiger partial charge in [0.15, 0.2) is 0 Å². The van der Waals surface area contributed by atoms with E-state index >= 15 is 0 Å². The summed E-state index contributed by atoms with van der Waals surface area (Å²) in [5.74, 6) is 0. The van der Waals surface area contributed by atoms with E-state index in [2.05, 4.69) is 0 Å². The third kappa shape index (κ3) is 3.04. The standard InChI is InChI=1S/C10H16N2O4/c1-15-7-5-11-4-3-9(13)12(10(11)14)6-8-16-2/h3-4H,5-8H2,1-2H3. The van der Waals surface area contributed by atoms with Gasteiger partial charge >= 0.3 is 5.69 Å². The molecule has 0 radical (unpaired) electrons. The van der Waals surface area contributed by atoms with Crippen LogP contribution in [0.4, 0.5) is 0 Å². The van der Waals surface area contributed by atoms with Crippen molar-refractivity contribution in [1.82, 2.24) is 9.13 Å². The summed E-state index contributed by atoms with van der Waals surface area (Å²) in [6.45, 7) is 1.47. The van der Waals surface area contributed by atoms with E-state index in [4.69, 9.17) is 9.47 Å². The lowest BCUT2D eigenvalue weighted by molar-refractivity contribution is 0.178. The molecule has 0 amide bonds. The van der Waals surface area contributed by atoms with Gasteiger partial charge in [0.25, 0.3) is 5.56 Å². The molecule has 0 aliphatic heterocycles. The molecule has 0 fully saturated rings. The Kier molecular flexibility index (Phi) is 4.94. The molecular formula is C10H16N2O4. The predicted octanol–water partition coefficient (Wildman–Crippen LogP) is -0.697. The summed E-state index contributed by atoms with van der Waals surface area (Å²) in [4.78, 5) is 23.3. The molecule has 0 aliphatic rings. The maximum Gasteiger partial charge on any atom is 0.331 e. The topological polar surface area (TPSA) is 62.5 Å². The Bertz CT molecular complexity index is 435. The minimum atomic E-state index is -0.332. The van der Waals surface area contributed by atoms with Gasteiger partial charge in [-0.15, -0.1) is 0 Å². The Labute approximate surface area is 93.0 Å². The fourth-order valence-corrected chi connectivity index (χ4v) is 1.31. The maximum atomic E-state index is 11.8. The number of nitrogens with zero attached hydrogens (tertiary/aromatic N) is 2. The normalized spacial score (nSPS) is 10.6. The van der Waals surface area contributed by atoms with Gasteiger partial charge in [0.1, 0.15) is 0 Å². The van der Waals surface area contributed by atoms with Crippen LogP contribution < -0.4 is 11.2 Å². The van der Waals surface area contributed by atoms with E-state index in [1.54, 1.807) is 7.11 Å². The highest BCUT2D eigenvalue weighted by atomic mass is 16.5. The fourth-order valence-electron chi connectivity index (χ4n) is 1.31.